The van der Waals surface area contributed by atoms with Crippen molar-refractivity contribution in [3.8, 4) is 0 Å². The summed E-state index contributed by atoms with van der Waals surface area (Å²) < 4.78 is 1.98. The molecule has 0 aliphatic rings. The molecule has 2 nitrogen and oxygen atoms in total. The second-order valence-electron chi connectivity index (χ2n) is 4.81. The minimum absolute atomic E-state index is 0.992. The molecule has 0 unspecified atom stereocenters. The maximum atomic E-state index is 5.52. The average Bonchev–Trinajstić information content (AvgIpc) is 2.50. The minimum Gasteiger partial charge on any atom is -0.357 e. The van der Waals surface area contributed by atoms with E-state index in [4.69, 9.17) is 24.4 Å². The molecule has 0 rings (SSSR count). The van der Waals surface area contributed by atoms with Gasteiger partial charge < -0.3 is 9.80 Å². The van der Waals surface area contributed by atoms with E-state index in [2.05, 4.69) is 37.5 Å². The van der Waals surface area contributed by atoms with Gasteiger partial charge in [-0.2, -0.15) is 0 Å². The summed E-state index contributed by atoms with van der Waals surface area (Å²) in [5, 5.41) is 0. The van der Waals surface area contributed by atoms with Crippen LogP contribution in [0.15, 0.2) is 0 Å². The molecular formula is C14H28N2S6. The Balaban J connectivity index is 4.03. The van der Waals surface area contributed by atoms with Gasteiger partial charge in [-0.1, -0.05) is 52.1 Å². The van der Waals surface area contributed by atoms with Crippen LogP contribution in [0.4, 0.5) is 0 Å². The maximum absolute atomic E-state index is 5.52. The standard InChI is InChI=1S/C14H28N2S6/c1-5-9-15(10-6-2)13(17)19-21-22-20-14(18)16(11-7-3)12-8-4/h5-12H2,1-4H3. The van der Waals surface area contributed by atoms with Gasteiger partial charge in [0.05, 0.1) is 0 Å². The van der Waals surface area contributed by atoms with E-state index in [1.54, 1.807) is 41.2 Å². The SMILES string of the molecule is CCCN(CCC)C(=S)SSSSC(=S)N(CCC)CCC. The summed E-state index contributed by atoms with van der Waals surface area (Å²) >= 11 is 11.0. The highest BCUT2D eigenvalue weighted by atomic mass is 33.7. The summed E-state index contributed by atoms with van der Waals surface area (Å²) in [5.74, 6) is 0. The van der Waals surface area contributed by atoms with Crippen LogP contribution in [0.1, 0.15) is 53.4 Å². The molecule has 0 radical (unpaired) electrons. The Morgan fingerprint density at radius 2 is 0.909 bits per heavy atom. The van der Waals surface area contributed by atoms with Gasteiger partial charge >= 0.3 is 0 Å². The largest absolute Gasteiger partial charge is 0.357 e. The van der Waals surface area contributed by atoms with Gasteiger partial charge in [-0.3, -0.25) is 0 Å². The fourth-order valence-corrected chi connectivity index (χ4v) is 8.67. The smallest absolute Gasteiger partial charge is 0.147 e. The predicted molar refractivity (Wildman–Crippen MR) is 120 cm³/mol. The molecule has 0 saturated carbocycles. The Morgan fingerprint density at radius 1 is 0.636 bits per heavy atom. The highest BCUT2D eigenvalue weighted by molar-refractivity contribution is 9.29. The van der Waals surface area contributed by atoms with Crippen molar-refractivity contribution in [2.45, 2.75) is 53.4 Å². The zero-order valence-corrected chi connectivity index (χ0v) is 18.9. The zero-order chi connectivity index (χ0) is 16.8. The molecule has 0 N–H and O–H groups in total. The Labute approximate surface area is 162 Å². The molecule has 0 atom stereocenters. The Kier molecular flexibility index (Phi) is 16.5. The van der Waals surface area contributed by atoms with Gasteiger partial charge in [-0.05, 0) is 66.9 Å². The van der Waals surface area contributed by atoms with Crippen LogP contribution in [-0.4, -0.2) is 44.6 Å². The first-order valence-corrected chi connectivity index (χ1v) is 13.5. The lowest BCUT2D eigenvalue weighted by molar-refractivity contribution is 0.431. The predicted octanol–water partition coefficient (Wildman–Crippen LogP) is 6.48. The van der Waals surface area contributed by atoms with Gasteiger partial charge in [0.1, 0.15) is 8.64 Å². The molecule has 0 fully saturated rings. The lowest BCUT2D eigenvalue weighted by Gasteiger charge is -2.24. The van der Waals surface area contributed by atoms with Gasteiger partial charge in [0.25, 0.3) is 0 Å². The second kappa shape index (κ2) is 15.7. The number of hydrogen-bond donors (Lipinski definition) is 0. The highest BCUT2D eigenvalue weighted by Gasteiger charge is 2.12. The first-order chi connectivity index (χ1) is 10.6. The highest BCUT2D eigenvalue weighted by Crippen LogP contribution is 2.45. The third-order valence-corrected chi connectivity index (χ3v) is 10.1. The van der Waals surface area contributed by atoms with E-state index in [1.807, 2.05) is 0 Å². The van der Waals surface area contributed by atoms with Crippen molar-refractivity contribution in [2.75, 3.05) is 26.2 Å². The lowest BCUT2D eigenvalue weighted by Crippen LogP contribution is -2.28. The summed E-state index contributed by atoms with van der Waals surface area (Å²) in [4.78, 5) is 4.61. The van der Waals surface area contributed by atoms with Crippen molar-refractivity contribution < 1.29 is 0 Å². The maximum Gasteiger partial charge on any atom is 0.147 e. The van der Waals surface area contributed by atoms with E-state index in [0.717, 1.165) is 60.5 Å². The van der Waals surface area contributed by atoms with Crippen molar-refractivity contribution in [3.63, 3.8) is 0 Å². The second-order valence-corrected chi connectivity index (χ2v) is 11.7. The molecule has 0 aromatic rings. The van der Waals surface area contributed by atoms with E-state index in [1.165, 1.54) is 0 Å². The fourth-order valence-electron chi connectivity index (χ4n) is 1.86. The van der Waals surface area contributed by atoms with E-state index in [-0.39, 0.29) is 0 Å². The van der Waals surface area contributed by atoms with Crippen LogP contribution in [0.25, 0.3) is 0 Å². The molecule has 0 bridgehead atoms. The Hall–Kier alpha value is 1.18. The van der Waals surface area contributed by atoms with Crippen molar-refractivity contribution >= 4 is 74.3 Å². The van der Waals surface area contributed by atoms with Crippen LogP contribution in [-0.2, 0) is 0 Å². The molecule has 0 aromatic carbocycles. The molecule has 0 aliphatic carbocycles. The zero-order valence-electron chi connectivity index (χ0n) is 14.0. The van der Waals surface area contributed by atoms with E-state index in [9.17, 15) is 0 Å². The fraction of sp³-hybridized carbons (Fsp3) is 0.857. The number of rotatable bonds is 11. The quantitative estimate of drug-likeness (QED) is 0.212. The number of thiocarbonyl (C=S) groups is 2. The van der Waals surface area contributed by atoms with Gasteiger partial charge in [-0.25, -0.2) is 0 Å². The van der Waals surface area contributed by atoms with Crippen molar-refractivity contribution in [2.24, 2.45) is 0 Å². The molecule has 0 aliphatic heterocycles. The third kappa shape index (κ3) is 10.9. The molecule has 0 amide bonds. The third-order valence-electron chi connectivity index (χ3n) is 2.73. The first-order valence-electron chi connectivity index (χ1n) is 7.86. The molecule has 22 heavy (non-hydrogen) atoms. The summed E-state index contributed by atoms with van der Waals surface area (Å²) in [5.41, 5.74) is 0. The summed E-state index contributed by atoms with van der Waals surface area (Å²) in [6, 6.07) is 0. The van der Waals surface area contributed by atoms with E-state index < -0.39 is 0 Å². The number of hydrogen-bond acceptors (Lipinski definition) is 6. The van der Waals surface area contributed by atoms with Crippen LogP contribution in [0.5, 0.6) is 0 Å². The summed E-state index contributed by atoms with van der Waals surface area (Å²) in [6.45, 7) is 13.0. The molecular weight excluding hydrogens is 389 g/mol. The summed E-state index contributed by atoms with van der Waals surface area (Å²) in [6.07, 6.45) is 4.56. The normalized spacial score (nSPS) is 10.5. The lowest BCUT2D eigenvalue weighted by atomic mass is 10.4. The van der Waals surface area contributed by atoms with Gasteiger partial charge in [-0.15, -0.1) is 0 Å². The van der Waals surface area contributed by atoms with Crippen molar-refractivity contribution in [1.82, 2.24) is 9.80 Å². The Morgan fingerprint density at radius 3 is 1.14 bits per heavy atom. The first kappa shape index (κ1) is 23.2. The van der Waals surface area contributed by atoms with Crippen LogP contribution >= 0.6 is 65.7 Å². The van der Waals surface area contributed by atoms with Crippen molar-refractivity contribution in [3.05, 3.63) is 0 Å². The average molecular weight is 417 g/mol. The monoisotopic (exact) mass is 416 g/mol. The summed E-state index contributed by atoms with van der Waals surface area (Å²) in [7, 11) is 6.81. The van der Waals surface area contributed by atoms with E-state index >= 15 is 0 Å². The van der Waals surface area contributed by atoms with Crippen LogP contribution in [0.3, 0.4) is 0 Å². The molecule has 0 saturated heterocycles. The van der Waals surface area contributed by atoms with E-state index in [0.29, 0.717) is 0 Å². The molecule has 0 spiro atoms. The molecule has 0 aromatic heterocycles. The van der Waals surface area contributed by atoms with Crippen molar-refractivity contribution in [1.29, 1.82) is 0 Å². The molecule has 130 valence electrons. The Bertz CT molecular complexity index is 272. The number of nitrogens with zero attached hydrogens (tertiary/aromatic N) is 2. The van der Waals surface area contributed by atoms with Crippen LogP contribution in [0.2, 0.25) is 0 Å². The van der Waals surface area contributed by atoms with Gasteiger partial charge in [0, 0.05) is 26.2 Å². The minimum atomic E-state index is 0.992. The molecule has 8 heteroatoms. The van der Waals surface area contributed by atoms with Crippen LogP contribution < -0.4 is 0 Å². The topological polar surface area (TPSA) is 6.48 Å². The molecule has 0 heterocycles. The van der Waals surface area contributed by atoms with Crippen LogP contribution in [0, 0.1) is 0 Å². The van der Waals surface area contributed by atoms with Gasteiger partial charge in [0.2, 0.25) is 0 Å². The van der Waals surface area contributed by atoms with Gasteiger partial charge in [0.15, 0.2) is 0 Å².